The molecule has 0 aliphatic carbocycles. The molecule has 8 heteroatoms. The summed E-state index contributed by atoms with van der Waals surface area (Å²) in [7, 11) is 3.38. The molecule has 0 bridgehead atoms. The standard InChI is InChI=1S/C18H28N4O4/c1-4-22-12-14(26-16-8-6-5-7-15(16)22)11-21(2)13-17(23)20-18(24)19-9-10-25-3/h5-8,14H,4,9-13H2,1-3H3,(H2,19,20,23,24)/t14-/m0/s1. The third-order valence-electron chi connectivity index (χ3n) is 4.08. The van der Waals surface area contributed by atoms with Gasteiger partial charge in [-0.1, -0.05) is 12.1 Å². The van der Waals surface area contributed by atoms with E-state index in [0.717, 1.165) is 24.5 Å². The fourth-order valence-corrected chi connectivity index (χ4v) is 2.91. The fourth-order valence-electron chi connectivity index (χ4n) is 2.91. The average Bonchev–Trinajstić information content (AvgIpc) is 2.60. The summed E-state index contributed by atoms with van der Waals surface area (Å²) in [6.45, 7) is 5.22. The number of anilines is 1. The number of ether oxygens (including phenoxy) is 2. The highest BCUT2D eigenvalue weighted by molar-refractivity contribution is 5.95. The predicted octanol–water partition coefficient (Wildman–Crippen LogP) is 0.678. The molecule has 3 amide bonds. The van der Waals surface area contributed by atoms with Crippen molar-refractivity contribution >= 4 is 17.6 Å². The lowest BCUT2D eigenvalue weighted by atomic mass is 10.2. The predicted molar refractivity (Wildman–Crippen MR) is 99.7 cm³/mol. The molecular weight excluding hydrogens is 336 g/mol. The number of fused-ring (bicyclic) bond motifs is 1. The number of carbonyl (C=O) groups is 2. The van der Waals surface area contributed by atoms with Crippen molar-refractivity contribution in [3.05, 3.63) is 24.3 Å². The molecule has 144 valence electrons. The van der Waals surface area contributed by atoms with E-state index in [9.17, 15) is 9.59 Å². The van der Waals surface area contributed by atoms with E-state index in [4.69, 9.17) is 9.47 Å². The molecular formula is C18H28N4O4. The fraction of sp³-hybridized carbons (Fsp3) is 0.556. The number of rotatable bonds is 8. The Labute approximate surface area is 154 Å². The largest absolute Gasteiger partial charge is 0.485 e. The highest BCUT2D eigenvalue weighted by atomic mass is 16.5. The second-order valence-corrected chi connectivity index (χ2v) is 6.24. The number of imide groups is 1. The molecule has 0 fully saturated rings. The summed E-state index contributed by atoms with van der Waals surface area (Å²) in [5.41, 5.74) is 1.10. The first-order valence-corrected chi connectivity index (χ1v) is 8.79. The Balaban J connectivity index is 1.80. The van der Waals surface area contributed by atoms with Crippen molar-refractivity contribution in [1.82, 2.24) is 15.5 Å². The summed E-state index contributed by atoms with van der Waals surface area (Å²) in [4.78, 5) is 27.6. The number of hydrogen-bond donors (Lipinski definition) is 2. The number of para-hydroxylation sites is 2. The van der Waals surface area contributed by atoms with E-state index in [1.165, 1.54) is 0 Å². The second-order valence-electron chi connectivity index (χ2n) is 6.24. The second kappa shape index (κ2) is 9.98. The summed E-state index contributed by atoms with van der Waals surface area (Å²) in [6, 6.07) is 7.45. The Morgan fingerprint density at radius 1 is 1.38 bits per heavy atom. The van der Waals surface area contributed by atoms with Gasteiger partial charge in [0.2, 0.25) is 5.91 Å². The van der Waals surface area contributed by atoms with Crippen LogP contribution in [0.5, 0.6) is 5.75 Å². The van der Waals surface area contributed by atoms with Crippen LogP contribution in [0.1, 0.15) is 6.92 Å². The topological polar surface area (TPSA) is 83.1 Å². The van der Waals surface area contributed by atoms with Crippen molar-refractivity contribution in [2.75, 3.05) is 58.4 Å². The lowest BCUT2D eigenvalue weighted by Gasteiger charge is -2.37. The zero-order valence-corrected chi connectivity index (χ0v) is 15.7. The third-order valence-corrected chi connectivity index (χ3v) is 4.08. The van der Waals surface area contributed by atoms with Gasteiger partial charge in [-0.3, -0.25) is 15.0 Å². The normalized spacial score (nSPS) is 16.0. The molecule has 0 spiro atoms. The van der Waals surface area contributed by atoms with Crippen LogP contribution >= 0.6 is 0 Å². The first kappa shape index (κ1) is 20.0. The van der Waals surface area contributed by atoms with Crippen LogP contribution < -0.4 is 20.3 Å². The highest BCUT2D eigenvalue weighted by Crippen LogP contribution is 2.32. The molecule has 2 rings (SSSR count). The molecule has 1 aromatic rings. The number of amides is 3. The maximum absolute atomic E-state index is 12.0. The summed E-state index contributed by atoms with van der Waals surface area (Å²) >= 11 is 0. The van der Waals surface area contributed by atoms with Crippen molar-refractivity contribution in [1.29, 1.82) is 0 Å². The molecule has 1 aromatic carbocycles. The molecule has 1 aliphatic heterocycles. The molecule has 26 heavy (non-hydrogen) atoms. The number of carbonyl (C=O) groups excluding carboxylic acids is 2. The van der Waals surface area contributed by atoms with Crippen molar-refractivity contribution in [2.45, 2.75) is 13.0 Å². The maximum Gasteiger partial charge on any atom is 0.321 e. The van der Waals surface area contributed by atoms with Crippen molar-refractivity contribution in [2.24, 2.45) is 0 Å². The lowest BCUT2D eigenvalue weighted by molar-refractivity contribution is -0.121. The van der Waals surface area contributed by atoms with Crippen LogP contribution in [0.25, 0.3) is 0 Å². The number of urea groups is 1. The zero-order valence-electron chi connectivity index (χ0n) is 15.7. The van der Waals surface area contributed by atoms with E-state index in [2.05, 4.69) is 28.5 Å². The number of likely N-dealkylation sites (N-methyl/N-ethyl adjacent to an activating group) is 2. The highest BCUT2D eigenvalue weighted by Gasteiger charge is 2.26. The minimum Gasteiger partial charge on any atom is -0.485 e. The maximum atomic E-state index is 12.0. The molecule has 0 aromatic heterocycles. The molecule has 0 saturated heterocycles. The van der Waals surface area contributed by atoms with Crippen LogP contribution in [0, 0.1) is 0 Å². The molecule has 8 nitrogen and oxygen atoms in total. The van der Waals surface area contributed by atoms with Crippen molar-refractivity contribution < 1.29 is 19.1 Å². The van der Waals surface area contributed by atoms with Gasteiger partial charge in [0.1, 0.15) is 11.9 Å². The Morgan fingerprint density at radius 2 is 2.15 bits per heavy atom. The number of hydrogen-bond acceptors (Lipinski definition) is 6. The number of nitrogens with one attached hydrogen (secondary N) is 2. The van der Waals surface area contributed by atoms with Gasteiger partial charge in [-0.2, -0.15) is 0 Å². The third kappa shape index (κ3) is 5.89. The Hall–Kier alpha value is -2.32. The van der Waals surface area contributed by atoms with Gasteiger partial charge in [0.25, 0.3) is 0 Å². The zero-order chi connectivity index (χ0) is 18.9. The van der Waals surface area contributed by atoms with Crippen LogP contribution in [0.3, 0.4) is 0 Å². The van der Waals surface area contributed by atoms with Crippen LogP contribution in [0.2, 0.25) is 0 Å². The van der Waals surface area contributed by atoms with E-state index in [1.807, 2.05) is 30.1 Å². The summed E-state index contributed by atoms with van der Waals surface area (Å²) in [5, 5.41) is 4.85. The van der Waals surface area contributed by atoms with E-state index in [-0.39, 0.29) is 18.6 Å². The van der Waals surface area contributed by atoms with Crippen molar-refractivity contribution in [3.8, 4) is 5.75 Å². The number of benzene rings is 1. The van der Waals surface area contributed by atoms with E-state index in [0.29, 0.717) is 19.7 Å². The van der Waals surface area contributed by atoms with Gasteiger partial charge in [0.15, 0.2) is 0 Å². The number of nitrogens with zero attached hydrogens (tertiary/aromatic N) is 2. The molecule has 0 radical (unpaired) electrons. The Morgan fingerprint density at radius 3 is 2.88 bits per heavy atom. The lowest BCUT2D eigenvalue weighted by Crippen LogP contribution is -2.49. The molecule has 1 aliphatic rings. The van der Waals surface area contributed by atoms with Gasteiger partial charge >= 0.3 is 6.03 Å². The van der Waals surface area contributed by atoms with Crippen LogP contribution in [-0.2, 0) is 9.53 Å². The van der Waals surface area contributed by atoms with Gasteiger partial charge in [-0.25, -0.2) is 4.79 Å². The van der Waals surface area contributed by atoms with Gasteiger partial charge < -0.3 is 19.7 Å². The summed E-state index contributed by atoms with van der Waals surface area (Å²) in [6.07, 6.45) is -0.0434. The average molecular weight is 364 g/mol. The van der Waals surface area contributed by atoms with Gasteiger partial charge in [-0.15, -0.1) is 0 Å². The van der Waals surface area contributed by atoms with Crippen molar-refractivity contribution in [3.63, 3.8) is 0 Å². The van der Waals surface area contributed by atoms with E-state index >= 15 is 0 Å². The quantitative estimate of drug-likeness (QED) is 0.660. The summed E-state index contributed by atoms with van der Waals surface area (Å²) in [5.74, 6) is 0.506. The smallest absolute Gasteiger partial charge is 0.321 e. The minimum absolute atomic E-state index is 0.0434. The first-order chi connectivity index (χ1) is 12.5. The summed E-state index contributed by atoms with van der Waals surface area (Å²) < 4.78 is 10.9. The van der Waals surface area contributed by atoms with Crippen LogP contribution in [0.4, 0.5) is 10.5 Å². The molecule has 0 unspecified atom stereocenters. The van der Waals surface area contributed by atoms with Crippen LogP contribution in [0.15, 0.2) is 24.3 Å². The van der Waals surface area contributed by atoms with Gasteiger partial charge in [0, 0.05) is 26.7 Å². The molecule has 2 N–H and O–H groups in total. The first-order valence-electron chi connectivity index (χ1n) is 8.79. The van der Waals surface area contributed by atoms with E-state index < -0.39 is 6.03 Å². The monoisotopic (exact) mass is 364 g/mol. The van der Waals surface area contributed by atoms with E-state index in [1.54, 1.807) is 7.11 Å². The minimum atomic E-state index is -0.513. The molecule has 1 atom stereocenters. The van der Waals surface area contributed by atoms with Gasteiger partial charge in [0.05, 0.1) is 25.4 Å². The van der Waals surface area contributed by atoms with Crippen LogP contribution in [-0.4, -0.2) is 76.4 Å². The SMILES string of the molecule is CCN1C[C@H](CN(C)CC(=O)NC(=O)NCCOC)Oc2ccccc21. The van der Waals surface area contributed by atoms with Gasteiger partial charge in [-0.05, 0) is 26.1 Å². The number of methoxy groups -OCH3 is 1. The Kier molecular flexibility index (Phi) is 7.68. The molecule has 0 saturated carbocycles. The Bertz CT molecular complexity index is 611. The molecule has 1 heterocycles.